The first-order valence-corrected chi connectivity index (χ1v) is 17.6. The van der Waals surface area contributed by atoms with Crippen molar-refractivity contribution in [2.75, 3.05) is 6.61 Å². The fraction of sp³-hybridized carbons (Fsp3) is 0.684. The molecule has 2 N–H and O–H groups in total. The van der Waals surface area contributed by atoms with Crippen LogP contribution in [0.4, 0.5) is 0 Å². The van der Waals surface area contributed by atoms with Gasteiger partial charge in [0.25, 0.3) is 6.10 Å². The Morgan fingerprint density at radius 1 is 0.958 bits per heavy atom. The van der Waals surface area contributed by atoms with Crippen LogP contribution >= 0.6 is 0 Å². The van der Waals surface area contributed by atoms with E-state index >= 15 is 0 Å². The molecule has 2 heterocycles. The Kier molecular flexibility index (Phi) is 14.7. The van der Waals surface area contributed by atoms with Crippen LogP contribution in [0.2, 0.25) is 0 Å². The van der Waals surface area contributed by atoms with Gasteiger partial charge in [-0.2, -0.15) is 0 Å². The Labute approximate surface area is 285 Å². The lowest BCUT2D eigenvalue weighted by Gasteiger charge is -2.37. The molecule has 268 valence electrons. The van der Waals surface area contributed by atoms with Crippen molar-refractivity contribution in [2.45, 2.75) is 143 Å². The van der Waals surface area contributed by atoms with Crippen molar-refractivity contribution in [1.82, 2.24) is 0 Å². The Morgan fingerprint density at radius 3 is 2.19 bits per heavy atom. The van der Waals surface area contributed by atoms with Crippen molar-refractivity contribution in [3.8, 4) is 11.5 Å². The lowest BCUT2D eigenvalue weighted by Crippen LogP contribution is -2.38. The van der Waals surface area contributed by atoms with Crippen molar-refractivity contribution in [2.24, 2.45) is 17.8 Å². The van der Waals surface area contributed by atoms with E-state index < -0.39 is 48.6 Å². The first-order valence-electron chi connectivity index (χ1n) is 17.6. The second-order valence-corrected chi connectivity index (χ2v) is 14.6. The van der Waals surface area contributed by atoms with E-state index in [1.807, 2.05) is 13.8 Å². The van der Waals surface area contributed by atoms with Gasteiger partial charge in [-0.25, -0.2) is 14.4 Å². The zero-order chi connectivity index (χ0) is 35.6. The number of carbonyl (C=O) groups excluding carboxylic acids is 4. The molecule has 6 unspecified atom stereocenters. The first kappa shape index (κ1) is 39.2. The van der Waals surface area contributed by atoms with Crippen molar-refractivity contribution in [1.29, 1.82) is 0 Å². The molecule has 1 aromatic rings. The topological polar surface area (TPSA) is 146 Å². The second kappa shape index (κ2) is 18.0. The molecular formula is C38H56O10. The van der Waals surface area contributed by atoms with Gasteiger partial charge >= 0.3 is 17.9 Å². The van der Waals surface area contributed by atoms with Gasteiger partial charge in [0.05, 0.1) is 6.61 Å². The SMILES string of the molecule is Cc1c(OC(=O)/C=C/C(=O)OC2C(=O)OC(C(O)CO)C2=O)cc2c(c1C)OC(C)(CCCC(C)CCCC(C)CCCC(C)C)CC2. The molecule has 48 heavy (non-hydrogen) atoms. The molecule has 3 rings (SSSR count). The summed E-state index contributed by atoms with van der Waals surface area (Å²) in [4.78, 5) is 48.9. The van der Waals surface area contributed by atoms with Crippen LogP contribution in [0.25, 0.3) is 0 Å². The van der Waals surface area contributed by atoms with Crippen LogP contribution in [-0.4, -0.2) is 64.4 Å². The first-order chi connectivity index (χ1) is 22.6. The molecule has 2 aliphatic rings. The molecule has 0 radical (unpaired) electrons. The predicted octanol–water partition coefficient (Wildman–Crippen LogP) is 6.05. The van der Waals surface area contributed by atoms with Crippen molar-refractivity contribution >= 4 is 23.7 Å². The number of hydrogen-bond donors (Lipinski definition) is 2. The van der Waals surface area contributed by atoms with Crippen molar-refractivity contribution in [3.05, 3.63) is 34.9 Å². The van der Waals surface area contributed by atoms with Crippen LogP contribution in [0.1, 0.15) is 116 Å². The molecule has 1 aromatic carbocycles. The maximum atomic E-state index is 12.6. The van der Waals surface area contributed by atoms with E-state index in [-0.39, 0.29) is 5.60 Å². The van der Waals surface area contributed by atoms with Crippen molar-refractivity contribution < 1.29 is 48.3 Å². The third-order valence-electron chi connectivity index (χ3n) is 9.75. The average Bonchev–Trinajstić information content (AvgIpc) is 3.30. The monoisotopic (exact) mass is 672 g/mol. The number of fused-ring (bicyclic) bond motifs is 1. The van der Waals surface area contributed by atoms with E-state index in [4.69, 9.17) is 19.3 Å². The van der Waals surface area contributed by atoms with Gasteiger partial charge in [0.15, 0.2) is 6.10 Å². The van der Waals surface area contributed by atoms with E-state index in [2.05, 4.69) is 39.4 Å². The summed E-state index contributed by atoms with van der Waals surface area (Å²) in [6, 6.07) is 1.80. The number of rotatable bonds is 18. The lowest BCUT2D eigenvalue weighted by molar-refractivity contribution is -0.159. The normalized spacial score (nSPS) is 22.6. The Hall–Kier alpha value is -3.24. The molecule has 1 fully saturated rings. The molecular weight excluding hydrogens is 616 g/mol. The Bertz CT molecular complexity index is 1320. The van der Waals surface area contributed by atoms with Crippen LogP contribution in [0, 0.1) is 31.6 Å². The standard InChI is InChI=1S/C38H56O10/c1-23(2)11-8-12-24(3)13-9-14-25(4)15-10-19-38(7)20-18-28-21-30(26(5)27(6)34(28)48-38)45-31(41)16-17-32(42)46-36-33(43)35(29(40)22-39)47-37(36)44/h16-17,21,23-25,29,35-36,39-40H,8-15,18-20,22H2,1-7H3/b17-16+. The van der Waals surface area contributed by atoms with E-state index in [1.165, 1.54) is 44.9 Å². The summed E-state index contributed by atoms with van der Waals surface area (Å²) in [6.07, 6.45) is 9.22. The highest BCUT2D eigenvalue weighted by atomic mass is 16.6. The maximum Gasteiger partial charge on any atom is 0.356 e. The van der Waals surface area contributed by atoms with Gasteiger partial charge < -0.3 is 29.2 Å². The number of aryl methyl sites for hydroxylation is 1. The van der Waals surface area contributed by atoms with Gasteiger partial charge in [0, 0.05) is 12.2 Å². The van der Waals surface area contributed by atoms with Crippen LogP contribution in [-0.2, 0) is 35.1 Å². The highest BCUT2D eigenvalue weighted by Gasteiger charge is 2.49. The number of cyclic esters (lactones) is 1. The molecule has 0 aromatic heterocycles. The number of aliphatic hydroxyl groups is 2. The Morgan fingerprint density at radius 2 is 1.56 bits per heavy atom. The van der Waals surface area contributed by atoms with Crippen molar-refractivity contribution in [3.63, 3.8) is 0 Å². The molecule has 10 nitrogen and oxygen atoms in total. The quantitative estimate of drug-likeness (QED) is 0.0818. The highest BCUT2D eigenvalue weighted by molar-refractivity contribution is 6.11. The fourth-order valence-electron chi connectivity index (χ4n) is 6.45. The minimum Gasteiger partial charge on any atom is -0.487 e. The summed E-state index contributed by atoms with van der Waals surface area (Å²) in [5.41, 5.74) is 2.32. The zero-order valence-electron chi connectivity index (χ0n) is 29.8. The molecule has 0 saturated carbocycles. The summed E-state index contributed by atoms with van der Waals surface area (Å²) >= 11 is 0. The molecule has 6 atom stereocenters. The average molecular weight is 673 g/mol. The summed E-state index contributed by atoms with van der Waals surface area (Å²) in [7, 11) is 0. The molecule has 2 aliphatic heterocycles. The molecule has 0 amide bonds. The van der Waals surface area contributed by atoms with Gasteiger partial charge in [-0.05, 0) is 87.0 Å². The fourth-order valence-corrected chi connectivity index (χ4v) is 6.45. The van der Waals surface area contributed by atoms with Crippen LogP contribution in [0.5, 0.6) is 11.5 Å². The molecule has 1 saturated heterocycles. The smallest absolute Gasteiger partial charge is 0.356 e. The number of ketones is 1. The third-order valence-corrected chi connectivity index (χ3v) is 9.75. The molecule has 0 aliphatic carbocycles. The molecule has 10 heteroatoms. The van der Waals surface area contributed by atoms with Gasteiger partial charge in [0.2, 0.25) is 5.78 Å². The number of Topliss-reactive ketones (excluding diaryl/α,β-unsaturated/α-hetero) is 1. The highest BCUT2D eigenvalue weighted by Crippen LogP contribution is 2.42. The molecule has 0 spiro atoms. The minimum atomic E-state index is -1.90. The maximum absolute atomic E-state index is 12.6. The summed E-state index contributed by atoms with van der Waals surface area (Å²) in [6.45, 7) is 14.5. The van der Waals surface area contributed by atoms with Crippen LogP contribution in [0.15, 0.2) is 18.2 Å². The summed E-state index contributed by atoms with van der Waals surface area (Å²) in [5.74, 6) is -0.683. The number of benzene rings is 1. The number of carbonyl (C=O) groups is 4. The predicted molar refractivity (Wildman–Crippen MR) is 181 cm³/mol. The summed E-state index contributed by atoms with van der Waals surface area (Å²) < 4.78 is 21.6. The van der Waals surface area contributed by atoms with E-state index in [1.54, 1.807) is 6.07 Å². The minimum absolute atomic E-state index is 0.264. The Balaban J connectivity index is 1.47. The number of hydrogen-bond acceptors (Lipinski definition) is 10. The third kappa shape index (κ3) is 11.2. The van der Waals surface area contributed by atoms with E-state index in [0.29, 0.717) is 11.7 Å². The zero-order valence-corrected chi connectivity index (χ0v) is 29.8. The second-order valence-electron chi connectivity index (χ2n) is 14.6. The largest absolute Gasteiger partial charge is 0.487 e. The van der Waals surface area contributed by atoms with Gasteiger partial charge in [-0.3, -0.25) is 4.79 Å². The van der Waals surface area contributed by atoms with E-state index in [9.17, 15) is 24.3 Å². The summed E-state index contributed by atoms with van der Waals surface area (Å²) in [5, 5.41) is 18.6. The van der Waals surface area contributed by atoms with Crippen LogP contribution < -0.4 is 9.47 Å². The van der Waals surface area contributed by atoms with Crippen LogP contribution in [0.3, 0.4) is 0 Å². The van der Waals surface area contributed by atoms with Gasteiger partial charge in [-0.1, -0.05) is 72.6 Å². The van der Waals surface area contributed by atoms with E-state index in [0.717, 1.165) is 72.1 Å². The van der Waals surface area contributed by atoms with Gasteiger partial charge in [-0.15, -0.1) is 0 Å². The number of aliphatic hydroxyl groups excluding tert-OH is 2. The molecule has 0 bridgehead atoms. The lowest BCUT2D eigenvalue weighted by atomic mass is 9.85. The van der Waals surface area contributed by atoms with Gasteiger partial charge in [0.1, 0.15) is 23.2 Å². The number of ether oxygens (including phenoxy) is 4. The number of esters is 3.